The van der Waals surface area contributed by atoms with Crippen LogP contribution in [0.1, 0.15) is 70.4 Å². The Morgan fingerprint density at radius 3 is 2.45 bits per heavy atom. The molecule has 244 valence electrons. The van der Waals surface area contributed by atoms with Gasteiger partial charge in [-0.1, -0.05) is 49.2 Å². The zero-order valence-electron chi connectivity index (χ0n) is 26.7. The summed E-state index contributed by atoms with van der Waals surface area (Å²) in [6.07, 6.45) is 5.35. The first-order chi connectivity index (χ1) is 20.8. The van der Waals surface area contributed by atoms with Gasteiger partial charge in [0.2, 0.25) is 5.79 Å². The van der Waals surface area contributed by atoms with Crippen molar-refractivity contribution >= 4 is 31.0 Å². The molecule has 9 nitrogen and oxygen atoms in total. The van der Waals surface area contributed by atoms with Gasteiger partial charge in [0.15, 0.2) is 5.15 Å². The lowest BCUT2D eigenvalue weighted by molar-refractivity contribution is -0.175. The van der Waals surface area contributed by atoms with E-state index in [-0.39, 0.29) is 18.6 Å². The molecule has 44 heavy (non-hydrogen) atoms. The molecular weight excluding hydrogens is 623 g/mol. The van der Waals surface area contributed by atoms with Crippen LogP contribution in [0.5, 0.6) is 0 Å². The van der Waals surface area contributed by atoms with Crippen molar-refractivity contribution in [3.63, 3.8) is 0 Å². The van der Waals surface area contributed by atoms with Gasteiger partial charge in [0, 0.05) is 44.1 Å². The molecule has 0 spiro atoms. The van der Waals surface area contributed by atoms with Gasteiger partial charge in [0.1, 0.15) is 41.1 Å². The van der Waals surface area contributed by atoms with Gasteiger partial charge in [-0.25, -0.2) is 9.37 Å². The lowest BCUT2D eigenvalue weighted by Gasteiger charge is -2.28. The van der Waals surface area contributed by atoms with Gasteiger partial charge in [-0.3, -0.25) is 0 Å². The molecule has 1 aromatic carbocycles. The Hall–Kier alpha value is -1.77. The molecule has 0 bridgehead atoms. The number of imidazole rings is 1. The molecule has 1 saturated heterocycles. The summed E-state index contributed by atoms with van der Waals surface area (Å²) >= 11 is 5.42. The van der Waals surface area contributed by atoms with Crippen molar-refractivity contribution in [2.75, 3.05) is 19.8 Å². The van der Waals surface area contributed by atoms with Gasteiger partial charge in [0.25, 0.3) is 0 Å². The molecule has 2 atom stereocenters. The Morgan fingerprint density at radius 2 is 1.84 bits per heavy atom. The molecule has 1 N–H and O–H groups in total. The predicted molar refractivity (Wildman–Crippen MR) is 174 cm³/mol. The predicted octanol–water partition coefficient (Wildman–Crippen LogP) is 7.59. The SMILES string of the molecule is CC(C)(C)[S+]([O-])NC(CCCCCC1(c2ccon2)OCCO1)c1nc(Cl)c(-c2ccc(F)cc2)n1COCC[Si](C)(C)C. The maximum Gasteiger partial charge on any atom is 0.215 e. The molecule has 2 aromatic heterocycles. The lowest BCUT2D eigenvalue weighted by atomic mass is 10.0. The first-order valence-electron chi connectivity index (χ1n) is 15.3. The number of benzene rings is 1. The minimum absolute atomic E-state index is 0.224. The van der Waals surface area contributed by atoms with E-state index < -0.39 is 30.0 Å². The quantitative estimate of drug-likeness (QED) is 0.0946. The van der Waals surface area contributed by atoms with Crippen molar-refractivity contribution in [3.8, 4) is 11.3 Å². The number of hydrogen-bond acceptors (Lipinski definition) is 8. The Bertz CT molecular complexity index is 1310. The summed E-state index contributed by atoms with van der Waals surface area (Å²) in [7, 11) is -1.31. The zero-order chi connectivity index (χ0) is 32.0. The van der Waals surface area contributed by atoms with Crippen molar-refractivity contribution in [2.24, 2.45) is 0 Å². The molecule has 13 heteroatoms. The summed E-state index contributed by atoms with van der Waals surface area (Å²) in [5, 5.41) is 4.35. The highest BCUT2D eigenvalue weighted by Gasteiger charge is 2.40. The number of unbranched alkanes of at least 4 members (excludes halogenated alkanes) is 2. The van der Waals surface area contributed by atoms with Crippen LogP contribution in [0.15, 0.2) is 41.1 Å². The summed E-state index contributed by atoms with van der Waals surface area (Å²) in [5.74, 6) is -0.567. The fourth-order valence-corrected chi connectivity index (χ4v) is 6.86. The zero-order valence-corrected chi connectivity index (χ0v) is 29.2. The van der Waals surface area contributed by atoms with E-state index in [0.717, 1.165) is 30.9 Å². The van der Waals surface area contributed by atoms with E-state index in [0.29, 0.717) is 55.0 Å². The average molecular weight is 669 g/mol. The fourth-order valence-electron chi connectivity index (χ4n) is 4.97. The van der Waals surface area contributed by atoms with Crippen LogP contribution in [0.4, 0.5) is 4.39 Å². The van der Waals surface area contributed by atoms with Crippen molar-refractivity contribution in [1.82, 2.24) is 19.4 Å². The highest BCUT2D eigenvalue weighted by atomic mass is 35.5. The van der Waals surface area contributed by atoms with Gasteiger partial charge < -0.3 is 27.9 Å². The normalized spacial score (nSPS) is 16.8. The number of halogens is 2. The molecule has 0 radical (unpaired) electrons. The van der Waals surface area contributed by atoms with E-state index in [1.54, 1.807) is 18.2 Å². The number of rotatable bonds is 16. The van der Waals surface area contributed by atoms with Gasteiger partial charge in [-0.05, 0) is 63.9 Å². The first kappa shape index (κ1) is 35.1. The van der Waals surface area contributed by atoms with Gasteiger partial charge in [-0.2, -0.15) is 0 Å². The Balaban J connectivity index is 1.55. The van der Waals surface area contributed by atoms with Crippen molar-refractivity contribution in [2.45, 2.75) is 102 Å². The Morgan fingerprint density at radius 1 is 1.14 bits per heavy atom. The molecule has 4 rings (SSSR count). The molecule has 3 aromatic rings. The van der Waals surface area contributed by atoms with Crippen LogP contribution in [0, 0.1) is 5.82 Å². The minimum atomic E-state index is -1.37. The summed E-state index contributed by atoms with van der Waals surface area (Å²) in [6, 6.07) is 8.61. The molecule has 1 aliphatic rings. The summed E-state index contributed by atoms with van der Waals surface area (Å²) in [5.41, 5.74) is 2.02. The van der Waals surface area contributed by atoms with E-state index in [4.69, 9.17) is 35.3 Å². The third-order valence-corrected chi connectivity index (χ3v) is 11.1. The third kappa shape index (κ3) is 9.38. The second kappa shape index (κ2) is 15.2. The van der Waals surface area contributed by atoms with Gasteiger partial charge in [-0.15, -0.1) is 4.72 Å². The van der Waals surface area contributed by atoms with Crippen LogP contribution in [0.3, 0.4) is 0 Å². The largest absolute Gasteiger partial charge is 0.598 e. The number of hydrogen-bond donors (Lipinski definition) is 1. The van der Waals surface area contributed by atoms with E-state index in [1.807, 2.05) is 25.3 Å². The molecule has 3 heterocycles. The Kier molecular flexibility index (Phi) is 12.1. The van der Waals surface area contributed by atoms with Crippen molar-refractivity contribution in [1.29, 1.82) is 0 Å². The third-order valence-electron chi connectivity index (χ3n) is 7.49. The summed E-state index contributed by atoms with van der Waals surface area (Å²) in [4.78, 5) is 4.79. The first-order valence-corrected chi connectivity index (χ1v) is 20.5. The molecule has 0 saturated carbocycles. The Labute approximate surface area is 269 Å². The topological polar surface area (TPSA) is 107 Å². The monoisotopic (exact) mass is 668 g/mol. The standard InChI is InChI=1S/C31H46ClFN4O5SSi/c1-30(2,3)43(38)36-25(10-8-7-9-16-31(40-18-19-41-31)26-15-17-42-35-26)29-34-28(32)27(23-11-13-24(33)14-12-23)37(29)22-39-20-21-44(4,5)6/h11-15,17,25,36H,7-10,16,18-22H2,1-6H3. The van der Waals surface area contributed by atoms with Crippen LogP contribution in [0.25, 0.3) is 11.3 Å². The van der Waals surface area contributed by atoms with Crippen LogP contribution < -0.4 is 4.72 Å². The molecule has 2 unspecified atom stereocenters. The fraction of sp³-hybridized carbons (Fsp3) is 0.613. The van der Waals surface area contributed by atoms with E-state index >= 15 is 0 Å². The number of ether oxygens (including phenoxy) is 3. The highest BCUT2D eigenvalue weighted by Crippen LogP contribution is 2.37. The van der Waals surface area contributed by atoms with Gasteiger partial charge in [0.05, 0.1) is 18.9 Å². The average Bonchev–Trinajstić information content (AvgIpc) is 3.71. The van der Waals surface area contributed by atoms with Crippen LogP contribution >= 0.6 is 11.6 Å². The number of nitrogens with zero attached hydrogens (tertiary/aromatic N) is 3. The van der Waals surface area contributed by atoms with E-state index in [1.165, 1.54) is 18.4 Å². The number of nitrogens with one attached hydrogen (secondary N) is 1. The molecule has 1 aliphatic heterocycles. The highest BCUT2D eigenvalue weighted by molar-refractivity contribution is 7.90. The van der Waals surface area contributed by atoms with Crippen molar-refractivity contribution < 1.29 is 27.7 Å². The summed E-state index contributed by atoms with van der Waals surface area (Å²) < 4.78 is 55.1. The molecule has 0 aliphatic carbocycles. The summed E-state index contributed by atoms with van der Waals surface area (Å²) in [6.45, 7) is 14.6. The second-order valence-corrected chi connectivity index (χ2v) is 21.4. The maximum absolute atomic E-state index is 13.8. The van der Waals surface area contributed by atoms with Crippen LogP contribution in [-0.4, -0.2) is 51.9 Å². The van der Waals surface area contributed by atoms with Gasteiger partial charge >= 0.3 is 0 Å². The number of aromatic nitrogens is 3. The van der Waals surface area contributed by atoms with Crippen LogP contribution in [0.2, 0.25) is 30.8 Å². The minimum Gasteiger partial charge on any atom is -0.598 e. The smallest absolute Gasteiger partial charge is 0.215 e. The lowest BCUT2D eigenvalue weighted by Crippen LogP contribution is -2.42. The van der Waals surface area contributed by atoms with E-state index in [2.05, 4.69) is 29.5 Å². The molecule has 1 fully saturated rings. The van der Waals surface area contributed by atoms with E-state index in [9.17, 15) is 8.94 Å². The molecular formula is C31H46ClFN4O5SSi. The second-order valence-electron chi connectivity index (χ2n) is 13.4. The maximum atomic E-state index is 13.8. The van der Waals surface area contributed by atoms with Crippen molar-refractivity contribution in [3.05, 3.63) is 59.1 Å². The van der Waals surface area contributed by atoms with Crippen LogP contribution in [-0.2, 0) is 38.1 Å². The molecule has 0 amide bonds.